The van der Waals surface area contributed by atoms with E-state index in [4.69, 9.17) is 9.99 Å². The minimum atomic E-state index is 0.188. The first-order valence-electron chi connectivity index (χ1n) is 4.29. The summed E-state index contributed by atoms with van der Waals surface area (Å²) in [5.74, 6) is 0.747. The molecule has 0 fully saturated rings. The first kappa shape index (κ1) is 10.7. The summed E-state index contributed by atoms with van der Waals surface area (Å²) in [5, 5.41) is 8.21. The zero-order chi connectivity index (χ0) is 10.2. The van der Waals surface area contributed by atoms with E-state index in [0.29, 0.717) is 6.73 Å². The Labute approximate surface area is 82.7 Å². The largest absolute Gasteiger partial charge is 0.471 e. The Morgan fingerprint density at radius 2 is 2.07 bits per heavy atom. The molecule has 0 spiro atoms. The molecule has 0 saturated heterocycles. The predicted octanol–water partition coefficient (Wildman–Crippen LogP) is 2.10. The smallest absolute Gasteiger partial charge is 0.178 e. The lowest BCUT2D eigenvalue weighted by molar-refractivity contribution is -0.253. The van der Waals surface area contributed by atoms with Gasteiger partial charge >= 0.3 is 0 Å². The van der Waals surface area contributed by atoms with E-state index in [0.717, 1.165) is 11.3 Å². The number of hydrogen-bond acceptors (Lipinski definition) is 4. The van der Waals surface area contributed by atoms with Gasteiger partial charge in [0.05, 0.1) is 0 Å². The van der Waals surface area contributed by atoms with Gasteiger partial charge in [0.1, 0.15) is 12.4 Å². The van der Waals surface area contributed by atoms with E-state index in [-0.39, 0.29) is 6.61 Å². The molecule has 0 aliphatic heterocycles. The third-order valence-electron chi connectivity index (χ3n) is 1.64. The lowest BCUT2D eigenvalue weighted by Crippen LogP contribution is -1.94. The first-order chi connectivity index (χ1) is 6.86. The Morgan fingerprint density at radius 3 is 2.64 bits per heavy atom. The van der Waals surface area contributed by atoms with E-state index in [2.05, 4.69) is 9.88 Å². The lowest BCUT2D eigenvalue weighted by atomic mass is 10.2. The Hall–Kier alpha value is -1.39. The van der Waals surface area contributed by atoms with Crippen molar-refractivity contribution in [2.45, 2.75) is 13.5 Å². The minimum absolute atomic E-state index is 0.188. The Balaban J connectivity index is 2.46. The topological polar surface area (TPSA) is 51.0 Å². The molecule has 0 aliphatic rings. The van der Waals surface area contributed by atoms with Crippen LogP contribution in [0.5, 0.6) is 5.75 Å². The fourth-order valence-electron chi connectivity index (χ4n) is 0.943. The molecule has 0 radical (unpaired) electrons. The van der Waals surface area contributed by atoms with Gasteiger partial charge in [0.2, 0.25) is 0 Å². The Morgan fingerprint density at radius 1 is 1.36 bits per heavy atom. The second-order valence-corrected chi connectivity index (χ2v) is 2.63. The number of rotatable bonds is 5. The van der Waals surface area contributed by atoms with Crippen LogP contribution in [0, 0.1) is 0 Å². The highest BCUT2D eigenvalue weighted by molar-refractivity contribution is 5.52. The quantitative estimate of drug-likeness (QED) is 0.444. The monoisotopic (exact) mass is 195 g/mol. The zero-order valence-corrected chi connectivity index (χ0v) is 8.01. The van der Waals surface area contributed by atoms with Crippen LogP contribution in [0.25, 0.3) is 0 Å². The minimum Gasteiger partial charge on any atom is -0.471 e. The zero-order valence-electron chi connectivity index (χ0n) is 8.01. The number of hydrogen-bond donors (Lipinski definition) is 1. The number of ether oxygens (including phenoxy) is 1. The molecule has 0 heterocycles. The average Bonchev–Trinajstić information content (AvgIpc) is 2.21. The molecule has 1 rings (SSSR count). The SMILES string of the molecule is CC=NCOc1ccc(COO)cc1. The van der Waals surface area contributed by atoms with Crippen LogP contribution in [0.4, 0.5) is 0 Å². The molecule has 76 valence electrons. The van der Waals surface area contributed by atoms with Gasteiger partial charge in [0.15, 0.2) is 6.73 Å². The van der Waals surface area contributed by atoms with Crippen LogP contribution in [0.2, 0.25) is 0 Å². The standard InChI is InChI=1S/C10H13NO3/c1-2-11-8-13-10-5-3-9(4-6-10)7-14-12/h2-6,12H,7-8H2,1H3. The van der Waals surface area contributed by atoms with E-state index < -0.39 is 0 Å². The summed E-state index contributed by atoms with van der Waals surface area (Å²) in [7, 11) is 0. The van der Waals surface area contributed by atoms with Crippen molar-refractivity contribution in [2.75, 3.05) is 6.73 Å². The van der Waals surface area contributed by atoms with Crippen LogP contribution in [0.15, 0.2) is 29.3 Å². The second kappa shape index (κ2) is 6.12. The summed E-state index contributed by atoms with van der Waals surface area (Å²) in [5.41, 5.74) is 0.888. The van der Waals surface area contributed by atoms with Crippen molar-refractivity contribution in [3.8, 4) is 5.75 Å². The highest BCUT2D eigenvalue weighted by Gasteiger charge is 1.94. The van der Waals surface area contributed by atoms with Gasteiger partial charge in [-0.2, -0.15) is 0 Å². The molecule has 0 atom stereocenters. The van der Waals surface area contributed by atoms with Crippen molar-refractivity contribution in [1.82, 2.24) is 0 Å². The maximum absolute atomic E-state index is 8.21. The van der Waals surface area contributed by atoms with Gasteiger partial charge in [-0.15, -0.1) is 0 Å². The molecule has 1 aromatic rings. The van der Waals surface area contributed by atoms with E-state index in [1.54, 1.807) is 18.3 Å². The van der Waals surface area contributed by atoms with Gasteiger partial charge < -0.3 is 4.74 Å². The Bertz CT molecular complexity index is 282. The number of aliphatic imine (C=N–C) groups is 1. The van der Waals surface area contributed by atoms with Crippen LogP contribution >= 0.6 is 0 Å². The number of benzene rings is 1. The lowest BCUT2D eigenvalue weighted by Gasteiger charge is -2.03. The second-order valence-electron chi connectivity index (χ2n) is 2.63. The van der Waals surface area contributed by atoms with Crippen LogP contribution in [-0.2, 0) is 11.5 Å². The molecule has 0 saturated carbocycles. The molecule has 0 aromatic heterocycles. The Kier molecular flexibility index (Phi) is 4.68. The van der Waals surface area contributed by atoms with E-state index in [1.807, 2.05) is 19.1 Å². The average molecular weight is 195 g/mol. The van der Waals surface area contributed by atoms with Crippen molar-refractivity contribution in [2.24, 2.45) is 4.99 Å². The van der Waals surface area contributed by atoms with E-state index in [1.165, 1.54) is 0 Å². The molecule has 0 bridgehead atoms. The molecular weight excluding hydrogens is 182 g/mol. The van der Waals surface area contributed by atoms with Gasteiger partial charge in [0, 0.05) is 0 Å². The third-order valence-corrected chi connectivity index (χ3v) is 1.64. The van der Waals surface area contributed by atoms with Crippen molar-refractivity contribution >= 4 is 6.21 Å². The van der Waals surface area contributed by atoms with Crippen LogP contribution in [0.3, 0.4) is 0 Å². The van der Waals surface area contributed by atoms with Gasteiger partial charge in [-0.3, -0.25) is 10.2 Å². The summed E-state index contributed by atoms with van der Waals surface area (Å²) in [6, 6.07) is 7.25. The molecule has 1 aromatic carbocycles. The van der Waals surface area contributed by atoms with Crippen LogP contribution in [-0.4, -0.2) is 18.2 Å². The molecule has 14 heavy (non-hydrogen) atoms. The summed E-state index contributed by atoms with van der Waals surface area (Å²) >= 11 is 0. The van der Waals surface area contributed by atoms with Crippen molar-refractivity contribution in [3.05, 3.63) is 29.8 Å². The predicted molar refractivity (Wildman–Crippen MR) is 53.5 cm³/mol. The van der Waals surface area contributed by atoms with E-state index >= 15 is 0 Å². The van der Waals surface area contributed by atoms with Crippen molar-refractivity contribution in [1.29, 1.82) is 0 Å². The molecule has 4 nitrogen and oxygen atoms in total. The third kappa shape index (κ3) is 3.55. The fraction of sp³-hybridized carbons (Fsp3) is 0.300. The molecule has 0 amide bonds. The molecule has 0 unspecified atom stereocenters. The fourth-order valence-corrected chi connectivity index (χ4v) is 0.943. The molecule has 0 aliphatic carbocycles. The normalized spacial score (nSPS) is 10.7. The van der Waals surface area contributed by atoms with Crippen LogP contribution < -0.4 is 4.74 Å². The summed E-state index contributed by atoms with van der Waals surface area (Å²) < 4.78 is 5.28. The molecular formula is C10H13NO3. The summed E-state index contributed by atoms with van der Waals surface area (Å²) in [6.07, 6.45) is 1.69. The van der Waals surface area contributed by atoms with Crippen molar-refractivity contribution in [3.63, 3.8) is 0 Å². The highest BCUT2D eigenvalue weighted by Crippen LogP contribution is 2.12. The molecule has 4 heteroatoms. The maximum atomic E-state index is 8.21. The molecule has 1 N–H and O–H groups in total. The van der Waals surface area contributed by atoms with Crippen LogP contribution in [0.1, 0.15) is 12.5 Å². The van der Waals surface area contributed by atoms with Gasteiger partial charge in [0.25, 0.3) is 0 Å². The highest BCUT2D eigenvalue weighted by atomic mass is 17.1. The maximum Gasteiger partial charge on any atom is 0.178 e. The summed E-state index contributed by atoms with van der Waals surface area (Å²) in [6.45, 7) is 2.35. The van der Waals surface area contributed by atoms with E-state index in [9.17, 15) is 0 Å². The van der Waals surface area contributed by atoms with Gasteiger partial charge in [-0.1, -0.05) is 12.1 Å². The van der Waals surface area contributed by atoms with Gasteiger partial charge in [-0.05, 0) is 30.8 Å². The first-order valence-corrected chi connectivity index (χ1v) is 4.29. The van der Waals surface area contributed by atoms with Gasteiger partial charge in [-0.25, -0.2) is 4.89 Å². The summed E-state index contributed by atoms with van der Waals surface area (Å²) in [4.78, 5) is 7.92. The van der Waals surface area contributed by atoms with Crippen molar-refractivity contribution < 1.29 is 14.9 Å². The number of nitrogens with zero attached hydrogens (tertiary/aromatic N) is 1.